The highest BCUT2D eigenvalue weighted by Gasteiger charge is 1.61. The molecule has 11 heavy (non-hydrogen) atoms. The van der Waals surface area contributed by atoms with Crippen molar-refractivity contribution in [2.45, 2.75) is 0 Å². The lowest BCUT2D eigenvalue weighted by atomic mass is 10.4. The first-order chi connectivity index (χ1) is 5.50. The molecule has 1 aromatic heterocycles. The zero-order chi connectivity index (χ0) is 7.78. The van der Waals surface area contributed by atoms with Crippen LogP contribution in [-0.2, 0) is 0 Å². The number of aromatic nitrogens is 2. The van der Waals surface area contributed by atoms with E-state index in [1.807, 2.05) is 36.4 Å². The van der Waals surface area contributed by atoms with Gasteiger partial charge in [0, 0.05) is 5.27 Å². The Labute approximate surface area is 64.6 Å². The third-order valence-corrected chi connectivity index (χ3v) is 0.949. The van der Waals surface area contributed by atoms with Crippen molar-refractivity contribution < 1.29 is 4.52 Å². The van der Waals surface area contributed by atoms with Gasteiger partial charge >= 0.3 is 0 Å². The zero-order valence-electron chi connectivity index (χ0n) is 5.92. The maximum Gasteiger partial charge on any atom is 0.144 e. The summed E-state index contributed by atoms with van der Waals surface area (Å²) in [5.74, 6) is 0. The van der Waals surface area contributed by atoms with Crippen molar-refractivity contribution in [1.29, 1.82) is 0 Å². The topological polar surface area (TPSA) is 38.9 Å². The summed E-state index contributed by atoms with van der Waals surface area (Å²) in [7, 11) is 0. The predicted molar refractivity (Wildman–Crippen MR) is 40.7 cm³/mol. The summed E-state index contributed by atoms with van der Waals surface area (Å²) in [6, 6.07) is 12.0. The zero-order valence-corrected chi connectivity index (χ0v) is 5.92. The quantitative estimate of drug-likeness (QED) is 0.571. The van der Waals surface area contributed by atoms with E-state index in [0.29, 0.717) is 0 Å². The molecule has 0 unspecified atom stereocenters. The second-order valence-corrected chi connectivity index (χ2v) is 1.74. The molecule has 0 bridgehead atoms. The summed E-state index contributed by atoms with van der Waals surface area (Å²) in [6.07, 6.45) is 2.88. The molecular formula is C8H8N2O. The fourth-order valence-corrected chi connectivity index (χ4v) is 0.521. The number of hydrogen-bond acceptors (Lipinski definition) is 3. The molecule has 0 aliphatic heterocycles. The second-order valence-electron chi connectivity index (χ2n) is 1.74. The van der Waals surface area contributed by atoms with Crippen molar-refractivity contribution >= 4 is 0 Å². The van der Waals surface area contributed by atoms with Gasteiger partial charge in [-0.1, -0.05) is 36.4 Å². The van der Waals surface area contributed by atoms with E-state index in [1.165, 1.54) is 12.5 Å². The second kappa shape index (κ2) is 5.17. The van der Waals surface area contributed by atoms with E-state index in [-0.39, 0.29) is 0 Å². The van der Waals surface area contributed by atoms with Gasteiger partial charge in [0.25, 0.3) is 0 Å². The molecule has 3 nitrogen and oxygen atoms in total. The van der Waals surface area contributed by atoms with Crippen LogP contribution in [0.5, 0.6) is 0 Å². The van der Waals surface area contributed by atoms with Gasteiger partial charge in [-0.2, -0.15) is 0 Å². The van der Waals surface area contributed by atoms with Crippen molar-refractivity contribution in [3.63, 3.8) is 0 Å². The molecular weight excluding hydrogens is 140 g/mol. The fourth-order valence-electron chi connectivity index (χ4n) is 0.521. The molecule has 0 spiro atoms. The van der Waals surface area contributed by atoms with Gasteiger partial charge in [-0.3, -0.25) is 0 Å². The molecule has 0 atom stereocenters. The van der Waals surface area contributed by atoms with Gasteiger partial charge in [0.1, 0.15) is 6.26 Å². The van der Waals surface area contributed by atoms with Crippen LogP contribution in [0, 0.1) is 0 Å². The Bertz CT molecular complexity index is 198. The van der Waals surface area contributed by atoms with Crippen LogP contribution in [0.3, 0.4) is 0 Å². The molecule has 0 amide bonds. The molecule has 3 heteroatoms. The molecule has 1 heterocycles. The van der Waals surface area contributed by atoms with E-state index in [4.69, 9.17) is 0 Å². The maximum absolute atomic E-state index is 4.22. The van der Waals surface area contributed by atoms with Gasteiger partial charge in [-0.25, -0.2) is 0 Å². The van der Waals surface area contributed by atoms with E-state index in [0.717, 1.165) is 0 Å². The Kier molecular flexibility index (Phi) is 3.51. The highest BCUT2D eigenvalue weighted by atomic mass is 16.5. The average Bonchev–Trinajstić information content (AvgIpc) is 2.64. The number of rotatable bonds is 0. The Balaban J connectivity index is 0.000000112. The first-order valence-electron chi connectivity index (χ1n) is 3.21. The van der Waals surface area contributed by atoms with Crippen molar-refractivity contribution in [3.05, 3.63) is 48.9 Å². The summed E-state index contributed by atoms with van der Waals surface area (Å²) in [5.41, 5.74) is 0. The first-order valence-corrected chi connectivity index (χ1v) is 3.21. The van der Waals surface area contributed by atoms with Crippen LogP contribution in [0.15, 0.2) is 53.4 Å². The van der Waals surface area contributed by atoms with Crippen LogP contribution >= 0.6 is 0 Å². The summed E-state index contributed by atoms with van der Waals surface area (Å²) >= 11 is 0. The molecule has 0 aliphatic carbocycles. The molecule has 0 saturated carbocycles. The minimum absolute atomic E-state index is 1.40. The minimum atomic E-state index is 1.40. The SMILES string of the molecule is c1ccccc1.c1conn1. The lowest BCUT2D eigenvalue weighted by Crippen LogP contribution is -1.53. The van der Waals surface area contributed by atoms with Crippen molar-refractivity contribution in [1.82, 2.24) is 10.4 Å². The predicted octanol–water partition coefficient (Wildman–Crippen LogP) is 1.76. The first kappa shape index (κ1) is 7.47. The third kappa shape index (κ3) is 3.86. The number of hydrogen-bond donors (Lipinski definition) is 0. The van der Waals surface area contributed by atoms with Crippen LogP contribution in [0.4, 0.5) is 0 Å². The smallest absolute Gasteiger partial charge is 0.144 e. The van der Waals surface area contributed by atoms with Crippen LogP contribution in [-0.4, -0.2) is 10.4 Å². The maximum atomic E-state index is 4.22. The van der Waals surface area contributed by atoms with E-state index >= 15 is 0 Å². The highest BCUT2D eigenvalue weighted by Crippen LogP contribution is 1.79. The van der Waals surface area contributed by atoms with Crippen molar-refractivity contribution in [3.8, 4) is 0 Å². The van der Waals surface area contributed by atoms with Crippen molar-refractivity contribution in [2.24, 2.45) is 0 Å². The van der Waals surface area contributed by atoms with Gasteiger partial charge in [0.05, 0.1) is 6.20 Å². The fraction of sp³-hybridized carbons (Fsp3) is 0. The van der Waals surface area contributed by atoms with E-state index in [2.05, 4.69) is 14.9 Å². The summed E-state index contributed by atoms with van der Waals surface area (Å²) in [5, 5.41) is 6.40. The van der Waals surface area contributed by atoms with E-state index in [1.54, 1.807) is 0 Å². The van der Waals surface area contributed by atoms with Crippen molar-refractivity contribution in [2.75, 3.05) is 0 Å². The Morgan fingerprint density at radius 1 is 0.818 bits per heavy atom. The lowest BCUT2D eigenvalue weighted by molar-refractivity contribution is 0.393. The van der Waals surface area contributed by atoms with Gasteiger partial charge in [-0.15, -0.1) is 5.10 Å². The van der Waals surface area contributed by atoms with E-state index < -0.39 is 0 Å². The molecule has 1 aromatic carbocycles. The molecule has 0 N–H and O–H groups in total. The van der Waals surface area contributed by atoms with Gasteiger partial charge in [0.2, 0.25) is 0 Å². The largest absolute Gasteiger partial charge is 0.346 e. The standard InChI is InChI=1S/C6H6.C2H2N2O/c1-2-4-6-5-3-1;1-2-5-4-3-1/h1-6H;1-2H. The van der Waals surface area contributed by atoms with Crippen LogP contribution in [0.1, 0.15) is 0 Å². The Hall–Kier alpha value is -1.64. The minimum Gasteiger partial charge on any atom is -0.346 e. The number of nitrogens with zero attached hydrogens (tertiary/aromatic N) is 2. The molecule has 0 aliphatic rings. The molecule has 0 saturated heterocycles. The summed E-state index contributed by atoms with van der Waals surface area (Å²) < 4.78 is 4.22. The monoisotopic (exact) mass is 148 g/mol. The molecule has 2 aromatic rings. The molecule has 2 rings (SSSR count). The van der Waals surface area contributed by atoms with Gasteiger partial charge in [0.15, 0.2) is 0 Å². The van der Waals surface area contributed by atoms with Crippen LogP contribution in [0.2, 0.25) is 0 Å². The lowest BCUT2D eigenvalue weighted by Gasteiger charge is -1.69. The third-order valence-electron chi connectivity index (χ3n) is 0.949. The van der Waals surface area contributed by atoms with Gasteiger partial charge in [-0.05, 0) is 0 Å². The van der Waals surface area contributed by atoms with Gasteiger partial charge < -0.3 is 4.52 Å². The van der Waals surface area contributed by atoms with Crippen LogP contribution in [0.25, 0.3) is 0 Å². The van der Waals surface area contributed by atoms with E-state index in [9.17, 15) is 0 Å². The molecule has 56 valence electrons. The summed E-state index contributed by atoms with van der Waals surface area (Å²) in [4.78, 5) is 0. The van der Waals surface area contributed by atoms with Crippen LogP contribution < -0.4 is 0 Å². The normalized spacial score (nSPS) is 8.00. The Morgan fingerprint density at radius 2 is 1.36 bits per heavy atom. The average molecular weight is 148 g/mol. The molecule has 0 radical (unpaired) electrons. The highest BCUT2D eigenvalue weighted by molar-refractivity contribution is 4.99. The Morgan fingerprint density at radius 3 is 1.55 bits per heavy atom. The molecule has 0 fully saturated rings. The number of benzene rings is 1. The summed E-state index contributed by atoms with van der Waals surface area (Å²) in [6.45, 7) is 0.